The summed E-state index contributed by atoms with van der Waals surface area (Å²) in [6.07, 6.45) is 0. The Morgan fingerprint density at radius 1 is 1.04 bits per heavy atom. The molecule has 0 saturated carbocycles. The number of benzene rings is 2. The van der Waals surface area contributed by atoms with Crippen LogP contribution >= 0.6 is 23.1 Å². The molecule has 0 fully saturated rings. The molecule has 0 atom stereocenters. The summed E-state index contributed by atoms with van der Waals surface area (Å²) in [6, 6.07) is 14.4. The molecular formula is C17H15N5S2. The number of aromatic nitrogens is 5. The summed E-state index contributed by atoms with van der Waals surface area (Å²) in [6.45, 7) is 4.16. The Hall–Kier alpha value is -2.25. The van der Waals surface area contributed by atoms with E-state index in [0.29, 0.717) is 5.75 Å². The maximum Gasteiger partial charge on any atom is 0.167 e. The molecule has 2 heterocycles. The Balaban J connectivity index is 1.61. The average Bonchev–Trinajstić information content (AvgIpc) is 3.19. The molecule has 0 radical (unpaired) electrons. The lowest BCUT2D eigenvalue weighted by Crippen LogP contribution is -2.06. The lowest BCUT2D eigenvalue weighted by molar-refractivity contribution is 0.769. The minimum absolute atomic E-state index is 0.681. The molecule has 0 saturated heterocycles. The van der Waals surface area contributed by atoms with Gasteiger partial charge >= 0.3 is 0 Å². The van der Waals surface area contributed by atoms with Crippen LogP contribution in [0.25, 0.3) is 15.9 Å². The number of tetrazole rings is 1. The predicted molar refractivity (Wildman–Crippen MR) is 97.8 cm³/mol. The molecule has 0 unspecified atom stereocenters. The maximum atomic E-state index is 4.65. The zero-order valence-electron chi connectivity index (χ0n) is 13.3. The molecule has 2 aromatic carbocycles. The number of hydrogen-bond acceptors (Lipinski definition) is 6. The van der Waals surface area contributed by atoms with Crippen LogP contribution in [0.5, 0.6) is 0 Å². The summed E-state index contributed by atoms with van der Waals surface area (Å²) in [5.74, 6) is 1.51. The number of thioether (sulfide) groups is 1. The number of rotatable bonds is 4. The number of fused-ring (bicyclic) bond motifs is 1. The van der Waals surface area contributed by atoms with E-state index in [0.717, 1.165) is 32.5 Å². The Morgan fingerprint density at radius 3 is 2.62 bits per heavy atom. The Labute approximate surface area is 147 Å². The van der Waals surface area contributed by atoms with Gasteiger partial charge in [0, 0.05) is 0 Å². The minimum atomic E-state index is 0.681. The molecule has 120 valence electrons. The van der Waals surface area contributed by atoms with Crippen molar-refractivity contribution in [3.63, 3.8) is 0 Å². The first-order valence-electron chi connectivity index (χ1n) is 7.54. The Morgan fingerprint density at radius 2 is 1.83 bits per heavy atom. The van der Waals surface area contributed by atoms with Gasteiger partial charge in [-0.25, -0.2) is 4.98 Å². The van der Waals surface area contributed by atoms with Gasteiger partial charge in [0.15, 0.2) is 10.2 Å². The molecule has 2 aromatic heterocycles. The smallest absolute Gasteiger partial charge is 0.167 e. The number of nitrogens with zero attached hydrogens (tertiary/aromatic N) is 5. The topological polar surface area (TPSA) is 56.5 Å². The van der Waals surface area contributed by atoms with Crippen LogP contribution in [-0.4, -0.2) is 25.2 Å². The summed E-state index contributed by atoms with van der Waals surface area (Å²) < 4.78 is 4.08. The van der Waals surface area contributed by atoms with Crippen molar-refractivity contribution in [1.82, 2.24) is 25.2 Å². The summed E-state index contributed by atoms with van der Waals surface area (Å²) in [5, 5.41) is 12.3. The van der Waals surface area contributed by atoms with E-state index < -0.39 is 0 Å². The first kappa shape index (κ1) is 15.3. The van der Waals surface area contributed by atoms with Gasteiger partial charge in [0.2, 0.25) is 0 Å². The minimum Gasteiger partial charge on any atom is -0.230 e. The van der Waals surface area contributed by atoms with Crippen LogP contribution in [0.15, 0.2) is 46.8 Å². The van der Waals surface area contributed by atoms with Crippen LogP contribution in [0.2, 0.25) is 0 Å². The predicted octanol–water partition coefficient (Wildman–Crippen LogP) is 4.18. The van der Waals surface area contributed by atoms with Crippen molar-refractivity contribution < 1.29 is 0 Å². The summed E-state index contributed by atoms with van der Waals surface area (Å²) in [7, 11) is 0. The van der Waals surface area contributed by atoms with E-state index in [1.807, 2.05) is 28.9 Å². The van der Waals surface area contributed by atoms with Gasteiger partial charge in [-0.2, -0.15) is 4.68 Å². The van der Waals surface area contributed by atoms with Crippen molar-refractivity contribution in [2.75, 3.05) is 0 Å². The van der Waals surface area contributed by atoms with Crippen molar-refractivity contribution in [3.8, 4) is 5.69 Å². The summed E-state index contributed by atoms with van der Waals surface area (Å²) >= 11 is 3.37. The SMILES string of the molecule is Cc1cccc(C)c1-n1nnnc1CSc1nc2ccccc2s1. The summed E-state index contributed by atoms with van der Waals surface area (Å²) in [5.41, 5.74) is 4.42. The molecule has 0 aliphatic rings. The second-order valence-electron chi connectivity index (χ2n) is 5.48. The van der Waals surface area contributed by atoms with Gasteiger partial charge in [0.05, 0.1) is 21.7 Å². The highest BCUT2D eigenvalue weighted by atomic mass is 32.2. The van der Waals surface area contributed by atoms with Crippen LogP contribution in [0, 0.1) is 13.8 Å². The fourth-order valence-electron chi connectivity index (χ4n) is 2.65. The van der Waals surface area contributed by atoms with Crippen molar-refractivity contribution in [3.05, 3.63) is 59.4 Å². The molecule has 0 amide bonds. The molecule has 0 aliphatic heterocycles. The highest BCUT2D eigenvalue weighted by Crippen LogP contribution is 2.31. The molecule has 4 rings (SSSR count). The first-order chi connectivity index (χ1) is 11.7. The second kappa shape index (κ2) is 6.33. The maximum absolute atomic E-state index is 4.65. The van der Waals surface area contributed by atoms with Crippen LogP contribution in [0.1, 0.15) is 17.0 Å². The molecule has 24 heavy (non-hydrogen) atoms. The molecule has 0 bridgehead atoms. The Kier molecular flexibility index (Phi) is 4.03. The third-order valence-electron chi connectivity index (χ3n) is 3.78. The van der Waals surface area contributed by atoms with E-state index in [9.17, 15) is 0 Å². The van der Waals surface area contributed by atoms with E-state index in [2.05, 4.69) is 52.6 Å². The van der Waals surface area contributed by atoms with Crippen molar-refractivity contribution in [2.45, 2.75) is 23.9 Å². The zero-order chi connectivity index (χ0) is 16.5. The highest BCUT2D eigenvalue weighted by Gasteiger charge is 2.14. The van der Waals surface area contributed by atoms with Gasteiger partial charge in [-0.1, -0.05) is 42.1 Å². The number of hydrogen-bond donors (Lipinski definition) is 0. The van der Waals surface area contributed by atoms with E-state index in [1.165, 1.54) is 4.70 Å². The summed E-state index contributed by atoms with van der Waals surface area (Å²) in [4.78, 5) is 4.65. The first-order valence-corrected chi connectivity index (χ1v) is 9.35. The van der Waals surface area contributed by atoms with Gasteiger partial charge in [-0.05, 0) is 47.5 Å². The molecule has 0 spiro atoms. The molecule has 4 aromatic rings. The van der Waals surface area contributed by atoms with Crippen LogP contribution in [0.4, 0.5) is 0 Å². The van der Waals surface area contributed by atoms with E-state index in [4.69, 9.17) is 0 Å². The average molecular weight is 353 g/mol. The van der Waals surface area contributed by atoms with Crippen LogP contribution < -0.4 is 0 Å². The molecule has 7 heteroatoms. The monoisotopic (exact) mass is 353 g/mol. The van der Waals surface area contributed by atoms with Gasteiger partial charge in [-0.15, -0.1) is 16.4 Å². The third kappa shape index (κ3) is 2.81. The van der Waals surface area contributed by atoms with Gasteiger partial charge in [0.1, 0.15) is 0 Å². The molecule has 5 nitrogen and oxygen atoms in total. The fraction of sp³-hybridized carbons (Fsp3) is 0.176. The molecule has 0 N–H and O–H groups in total. The Bertz CT molecular complexity index is 952. The fourth-order valence-corrected chi connectivity index (χ4v) is 4.62. The quantitative estimate of drug-likeness (QED) is 0.515. The third-order valence-corrected chi connectivity index (χ3v) is 5.96. The number of aryl methyl sites for hydroxylation is 2. The van der Waals surface area contributed by atoms with Crippen LogP contribution in [-0.2, 0) is 5.75 Å². The molecular weight excluding hydrogens is 338 g/mol. The number of thiazole rings is 1. The van der Waals surface area contributed by atoms with Crippen LogP contribution in [0.3, 0.4) is 0 Å². The lowest BCUT2D eigenvalue weighted by atomic mass is 10.1. The lowest BCUT2D eigenvalue weighted by Gasteiger charge is -2.10. The van der Waals surface area contributed by atoms with Crippen molar-refractivity contribution >= 4 is 33.3 Å². The normalized spacial score (nSPS) is 11.2. The molecule has 0 aliphatic carbocycles. The van der Waals surface area contributed by atoms with Gasteiger partial charge < -0.3 is 0 Å². The van der Waals surface area contributed by atoms with Gasteiger partial charge in [0.25, 0.3) is 0 Å². The largest absolute Gasteiger partial charge is 0.230 e. The number of para-hydroxylation sites is 2. The standard InChI is InChI=1S/C17H15N5S2/c1-11-6-5-7-12(2)16(11)22-15(19-20-21-22)10-23-17-18-13-8-3-4-9-14(13)24-17/h3-9H,10H2,1-2H3. The van der Waals surface area contributed by atoms with E-state index in [-0.39, 0.29) is 0 Å². The van der Waals surface area contributed by atoms with Crippen molar-refractivity contribution in [2.24, 2.45) is 0 Å². The highest BCUT2D eigenvalue weighted by molar-refractivity contribution is 8.00. The van der Waals surface area contributed by atoms with E-state index >= 15 is 0 Å². The van der Waals surface area contributed by atoms with Crippen molar-refractivity contribution in [1.29, 1.82) is 0 Å². The second-order valence-corrected chi connectivity index (χ2v) is 7.74. The van der Waals surface area contributed by atoms with Gasteiger partial charge in [-0.3, -0.25) is 0 Å². The van der Waals surface area contributed by atoms with E-state index in [1.54, 1.807) is 23.1 Å². The zero-order valence-corrected chi connectivity index (χ0v) is 14.9.